The number of anilines is 1. The number of carbonyl (C=O) groups excluding carboxylic acids is 1. The maximum absolute atomic E-state index is 13.9. The third-order valence-corrected chi connectivity index (χ3v) is 6.32. The van der Waals surface area contributed by atoms with Gasteiger partial charge in [0.05, 0.1) is 10.6 Å². The summed E-state index contributed by atoms with van der Waals surface area (Å²) in [5.41, 5.74) is 3.30. The molecule has 1 aliphatic rings. The highest BCUT2D eigenvalue weighted by Crippen LogP contribution is 2.39. The number of carbonyl (C=O) groups is 1. The average molecular weight is 438 g/mol. The van der Waals surface area contributed by atoms with Crippen LogP contribution in [0.4, 0.5) is 14.5 Å². The fraction of sp³-hybridized carbons (Fsp3) is 0.190. The Kier molecular flexibility index (Phi) is 4.78. The van der Waals surface area contributed by atoms with E-state index < -0.39 is 23.2 Å². The van der Waals surface area contributed by atoms with Crippen molar-refractivity contribution >= 4 is 22.9 Å². The van der Waals surface area contributed by atoms with E-state index in [4.69, 9.17) is 0 Å². The Morgan fingerprint density at radius 2 is 1.97 bits per heavy atom. The van der Waals surface area contributed by atoms with E-state index in [2.05, 4.69) is 25.8 Å². The van der Waals surface area contributed by atoms with E-state index in [1.54, 1.807) is 11.7 Å². The van der Waals surface area contributed by atoms with Crippen molar-refractivity contribution in [3.8, 4) is 21.8 Å². The molecule has 2 heterocycles. The molecule has 1 aliphatic carbocycles. The number of nitrogens with one attached hydrogen (secondary N) is 1. The predicted octanol–water partition coefficient (Wildman–Crippen LogP) is 4.02. The molecule has 5 rings (SSSR count). The van der Waals surface area contributed by atoms with Gasteiger partial charge in [0.1, 0.15) is 17.3 Å². The molecule has 10 heteroatoms. The van der Waals surface area contributed by atoms with Crippen molar-refractivity contribution in [3.05, 3.63) is 64.3 Å². The zero-order valence-corrected chi connectivity index (χ0v) is 17.2. The zero-order chi connectivity index (χ0) is 21.5. The van der Waals surface area contributed by atoms with Crippen molar-refractivity contribution in [1.29, 1.82) is 0 Å². The summed E-state index contributed by atoms with van der Waals surface area (Å²) in [4.78, 5) is 18.1. The van der Waals surface area contributed by atoms with Gasteiger partial charge in [-0.15, -0.1) is 16.4 Å². The molecular weight excluding hydrogens is 422 g/mol. The van der Waals surface area contributed by atoms with Gasteiger partial charge in [0.25, 0.3) is 5.91 Å². The largest absolute Gasteiger partial charge is 0.315 e. The molecule has 0 saturated carbocycles. The van der Waals surface area contributed by atoms with Crippen molar-refractivity contribution in [2.24, 2.45) is 7.05 Å². The molecular formula is C21H16F2N6OS. The highest BCUT2D eigenvalue weighted by atomic mass is 32.1. The van der Waals surface area contributed by atoms with E-state index in [-0.39, 0.29) is 5.01 Å². The molecule has 0 spiro atoms. The minimum atomic E-state index is -0.834. The van der Waals surface area contributed by atoms with E-state index in [0.717, 1.165) is 52.2 Å². The molecule has 4 aromatic rings. The summed E-state index contributed by atoms with van der Waals surface area (Å²) >= 11 is 1.21. The standard InChI is InChI=1S/C21H16F2N6OS/c1-29-19(26-27-28-29)12-9-8-11-4-2-7-16-18(13(11)10-12)31-21(24-16)20(30)25-17-14(22)5-3-6-15(17)23/h3,5-6,8-10H,2,4,7H2,1H3,(H,25,30). The van der Waals surface area contributed by atoms with Crippen LogP contribution in [-0.2, 0) is 19.9 Å². The number of halogens is 2. The minimum Gasteiger partial charge on any atom is -0.315 e. The Morgan fingerprint density at radius 3 is 2.71 bits per heavy atom. The van der Waals surface area contributed by atoms with Crippen LogP contribution in [0.3, 0.4) is 0 Å². The number of aromatic nitrogens is 5. The Morgan fingerprint density at radius 1 is 1.16 bits per heavy atom. The molecule has 1 N–H and O–H groups in total. The molecule has 0 aliphatic heterocycles. The Hall–Kier alpha value is -3.53. The lowest BCUT2D eigenvalue weighted by Crippen LogP contribution is -2.14. The lowest BCUT2D eigenvalue weighted by Gasteiger charge is -2.08. The van der Waals surface area contributed by atoms with Gasteiger partial charge in [0.15, 0.2) is 10.8 Å². The lowest BCUT2D eigenvalue weighted by atomic mass is 10.0. The summed E-state index contributed by atoms with van der Waals surface area (Å²) in [6.07, 6.45) is 2.48. The number of hydrogen-bond donors (Lipinski definition) is 1. The molecule has 0 radical (unpaired) electrons. The van der Waals surface area contributed by atoms with Gasteiger partial charge < -0.3 is 5.32 Å². The first kappa shape index (κ1) is 19.4. The maximum atomic E-state index is 13.9. The molecule has 2 aromatic carbocycles. The fourth-order valence-electron chi connectivity index (χ4n) is 3.68. The van der Waals surface area contributed by atoms with Gasteiger partial charge in [0, 0.05) is 12.6 Å². The fourth-order valence-corrected chi connectivity index (χ4v) is 4.74. The first-order chi connectivity index (χ1) is 15.0. The number of para-hydroxylation sites is 1. The van der Waals surface area contributed by atoms with Gasteiger partial charge in [-0.1, -0.05) is 18.2 Å². The van der Waals surface area contributed by atoms with Gasteiger partial charge in [-0.05, 0) is 59.0 Å². The number of benzene rings is 2. The summed E-state index contributed by atoms with van der Waals surface area (Å²) in [7, 11) is 1.77. The SMILES string of the molecule is Cn1nnnc1-c1ccc2c(c1)-c1sc(C(=O)Nc3c(F)cccc3F)nc1CCC2. The Bertz CT molecular complexity index is 1290. The summed E-state index contributed by atoms with van der Waals surface area (Å²) in [6, 6.07) is 9.45. The van der Waals surface area contributed by atoms with Gasteiger partial charge in [0.2, 0.25) is 0 Å². The topological polar surface area (TPSA) is 85.6 Å². The van der Waals surface area contributed by atoms with E-state index in [0.29, 0.717) is 12.2 Å². The van der Waals surface area contributed by atoms with Gasteiger partial charge in [-0.3, -0.25) is 4.79 Å². The molecule has 2 aromatic heterocycles. The molecule has 7 nitrogen and oxygen atoms in total. The van der Waals surface area contributed by atoms with Crippen LogP contribution in [0.5, 0.6) is 0 Å². The van der Waals surface area contributed by atoms with E-state index >= 15 is 0 Å². The molecule has 0 saturated heterocycles. The first-order valence-electron chi connectivity index (χ1n) is 9.62. The van der Waals surface area contributed by atoms with E-state index in [1.165, 1.54) is 17.4 Å². The second-order valence-electron chi connectivity index (χ2n) is 7.20. The van der Waals surface area contributed by atoms with Crippen molar-refractivity contribution in [2.45, 2.75) is 19.3 Å². The quantitative estimate of drug-likeness (QED) is 0.522. The number of tetrazole rings is 1. The zero-order valence-electron chi connectivity index (χ0n) is 16.4. The number of aryl methyl sites for hydroxylation is 3. The van der Waals surface area contributed by atoms with Gasteiger partial charge in [-0.25, -0.2) is 18.4 Å². The second kappa shape index (κ2) is 7.62. The van der Waals surface area contributed by atoms with Gasteiger partial charge in [-0.2, -0.15) is 0 Å². The number of thiazole rings is 1. The monoisotopic (exact) mass is 438 g/mol. The van der Waals surface area contributed by atoms with Crippen LogP contribution >= 0.6 is 11.3 Å². The maximum Gasteiger partial charge on any atom is 0.284 e. The summed E-state index contributed by atoms with van der Waals surface area (Å²) < 4.78 is 29.4. The summed E-state index contributed by atoms with van der Waals surface area (Å²) in [5, 5.41) is 14.1. The Balaban J connectivity index is 1.53. The minimum absolute atomic E-state index is 0.159. The molecule has 0 unspecified atom stereocenters. The van der Waals surface area contributed by atoms with Crippen LogP contribution in [0.2, 0.25) is 0 Å². The van der Waals surface area contributed by atoms with Crippen LogP contribution < -0.4 is 5.32 Å². The molecule has 1 amide bonds. The summed E-state index contributed by atoms with van der Waals surface area (Å²) in [5.74, 6) is -1.68. The van der Waals surface area contributed by atoms with Crippen molar-refractivity contribution in [2.75, 3.05) is 5.32 Å². The first-order valence-corrected chi connectivity index (χ1v) is 10.4. The van der Waals surface area contributed by atoms with Crippen LogP contribution in [-0.4, -0.2) is 31.1 Å². The number of amides is 1. The number of rotatable bonds is 3. The highest BCUT2D eigenvalue weighted by Gasteiger charge is 2.24. The molecule has 0 bridgehead atoms. The molecule has 156 valence electrons. The second-order valence-corrected chi connectivity index (χ2v) is 8.20. The normalized spacial score (nSPS) is 12.7. The van der Waals surface area contributed by atoms with Crippen LogP contribution in [0.1, 0.15) is 27.5 Å². The number of hydrogen-bond acceptors (Lipinski definition) is 6. The lowest BCUT2D eigenvalue weighted by molar-refractivity contribution is 0.102. The third kappa shape index (κ3) is 3.48. The van der Waals surface area contributed by atoms with Crippen molar-refractivity contribution in [1.82, 2.24) is 25.2 Å². The van der Waals surface area contributed by atoms with E-state index in [1.807, 2.05) is 18.2 Å². The number of nitrogens with zero attached hydrogens (tertiary/aromatic N) is 5. The Labute approximate surface area is 179 Å². The summed E-state index contributed by atoms with van der Waals surface area (Å²) in [6.45, 7) is 0. The van der Waals surface area contributed by atoms with Crippen LogP contribution in [0.15, 0.2) is 36.4 Å². The smallest absolute Gasteiger partial charge is 0.284 e. The van der Waals surface area contributed by atoms with Crippen LogP contribution in [0.25, 0.3) is 21.8 Å². The average Bonchev–Trinajstić information content (AvgIpc) is 3.34. The number of fused-ring (bicyclic) bond motifs is 3. The van der Waals surface area contributed by atoms with Crippen LogP contribution in [0, 0.1) is 11.6 Å². The molecule has 0 atom stereocenters. The highest BCUT2D eigenvalue weighted by molar-refractivity contribution is 7.17. The van der Waals surface area contributed by atoms with E-state index in [9.17, 15) is 13.6 Å². The van der Waals surface area contributed by atoms with Crippen molar-refractivity contribution in [3.63, 3.8) is 0 Å². The van der Waals surface area contributed by atoms with Crippen molar-refractivity contribution < 1.29 is 13.6 Å². The van der Waals surface area contributed by atoms with Gasteiger partial charge >= 0.3 is 0 Å². The molecule has 0 fully saturated rings. The third-order valence-electron chi connectivity index (χ3n) is 5.19. The predicted molar refractivity (Wildman–Crippen MR) is 112 cm³/mol. The molecule has 31 heavy (non-hydrogen) atoms.